The number of carboxylic acid groups (broad SMARTS) is 2. The quantitative estimate of drug-likeness (QED) is 0.274. The fourth-order valence-electron chi connectivity index (χ4n) is 3.98. The van der Waals surface area contributed by atoms with Crippen molar-refractivity contribution in [2.24, 2.45) is 11.7 Å². The van der Waals surface area contributed by atoms with Crippen LogP contribution >= 0.6 is 0 Å². The number of likely N-dealkylation sites (tertiary alicyclic amines) is 1. The van der Waals surface area contributed by atoms with Crippen molar-refractivity contribution >= 4 is 29.7 Å². The molecule has 0 saturated carbocycles. The summed E-state index contributed by atoms with van der Waals surface area (Å²) in [6.07, 6.45) is 0.627. The predicted molar refractivity (Wildman–Crippen MR) is 126 cm³/mol. The average molecular weight is 491 g/mol. The van der Waals surface area contributed by atoms with Crippen molar-refractivity contribution in [1.29, 1.82) is 0 Å². The molecular weight excluding hydrogens is 456 g/mol. The first-order valence-electron chi connectivity index (χ1n) is 11.7. The third-order valence-corrected chi connectivity index (χ3v) is 5.97. The van der Waals surface area contributed by atoms with Crippen LogP contribution in [0.4, 0.5) is 0 Å². The van der Waals surface area contributed by atoms with Crippen molar-refractivity contribution in [3.05, 3.63) is 35.9 Å². The molecule has 6 N–H and O–H groups in total. The minimum absolute atomic E-state index is 0.0977. The van der Waals surface area contributed by atoms with Gasteiger partial charge in [-0.15, -0.1) is 0 Å². The lowest BCUT2D eigenvalue weighted by molar-refractivity contribution is -0.150. The van der Waals surface area contributed by atoms with Gasteiger partial charge in [-0.05, 0) is 30.7 Å². The summed E-state index contributed by atoms with van der Waals surface area (Å²) in [4.78, 5) is 62.7. The van der Waals surface area contributed by atoms with Crippen LogP contribution in [0.3, 0.4) is 0 Å². The number of rotatable bonds is 12. The second-order valence-electron chi connectivity index (χ2n) is 9.05. The Hall–Kier alpha value is -3.47. The fourth-order valence-corrected chi connectivity index (χ4v) is 3.98. The molecular formula is C24H34N4O7. The third-order valence-electron chi connectivity index (χ3n) is 5.97. The van der Waals surface area contributed by atoms with Crippen molar-refractivity contribution in [2.75, 3.05) is 6.54 Å². The van der Waals surface area contributed by atoms with Crippen molar-refractivity contribution in [2.45, 2.75) is 70.1 Å². The lowest BCUT2D eigenvalue weighted by atomic mass is 9.99. The van der Waals surface area contributed by atoms with Crippen molar-refractivity contribution in [3.8, 4) is 0 Å². The van der Waals surface area contributed by atoms with Gasteiger partial charge in [-0.3, -0.25) is 19.2 Å². The SMILES string of the molecule is CC(C)C(NC(=O)C(Cc1ccccc1)NC(=O)C(N)CCC(=O)O)C(=O)N1CCCC1C(=O)O. The zero-order valence-corrected chi connectivity index (χ0v) is 20.0. The van der Waals surface area contributed by atoms with Crippen molar-refractivity contribution in [3.63, 3.8) is 0 Å². The van der Waals surface area contributed by atoms with E-state index in [0.29, 0.717) is 12.8 Å². The topological polar surface area (TPSA) is 179 Å². The molecule has 4 unspecified atom stereocenters. The number of carbonyl (C=O) groups excluding carboxylic acids is 3. The molecule has 0 aromatic heterocycles. The number of hydrogen-bond acceptors (Lipinski definition) is 6. The summed E-state index contributed by atoms with van der Waals surface area (Å²) in [6, 6.07) is 4.80. The van der Waals surface area contributed by atoms with Crippen LogP contribution < -0.4 is 16.4 Å². The molecule has 1 heterocycles. The maximum absolute atomic E-state index is 13.3. The minimum Gasteiger partial charge on any atom is -0.481 e. The van der Waals surface area contributed by atoms with Gasteiger partial charge in [0.1, 0.15) is 18.1 Å². The molecule has 1 aromatic rings. The molecule has 0 spiro atoms. The van der Waals surface area contributed by atoms with Gasteiger partial charge in [0.15, 0.2) is 0 Å². The molecule has 1 fully saturated rings. The minimum atomic E-state index is -1.12. The molecule has 11 heteroatoms. The number of hydrogen-bond donors (Lipinski definition) is 5. The maximum Gasteiger partial charge on any atom is 0.326 e. The zero-order chi connectivity index (χ0) is 26.1. The Bertz CT molecular complexity index is 922. The smallest absolute Gasteiger partial charge is 0.326 e. The van der Waals surface area contributed by atoms with Gasteiger partial charge < -0.3 is 31.5 Å². The molecule has 2 rings (SSSR count). The van der Waals surface area contributed by atoms with Crippen LogP contribution in [0.1, 0.15) is 45.1 Å². The van der Waals surface area contributed by atoms with Gasteiger partial charge >= 0.3 is 11.9 Å². The largest absolute Gasteiger partial charge is 0.481 e. The molecule has 0 aliphatic carbocycles. The molecule has 4 atom stereocenters. The van der Waals surface area contributed by atoms with Crippen LogP contribution in [0.25, 0.3) is 0 Å². The van der Waals surface area contributed by atoms with Gasteiger partial charge in [-0.1, -0.05) is 44.2 Å². The number of carboxylic acids is 2. The summed E-state index contributed by atoms with van der Waals surface area (Å²) in [7, 11) is 0. The Morgan fingerprint density at radius 3 is 2.29 bits per heavy atom. The molecule has 1 aromatic carbocycles. The average Bonchev–Trinajstić information content (AvgIpc) is 3.30. The Labute approximate surface area is 204 Å². The van der Waals surface area contributed by atoms with Crippen LogP contribution in [0.2, 0.25) is 0 Å². The molecule has 0 radical (unpaired) electrons. The molecule has 1 aliphatic rings. The first-order chi connectivity index (χ1) is 16.5. The molecule has 35 heavy (non-hydrogen) atoms. The first-order valence-corrected chi connectivity index (χ1v) is 11.7. The van der Waals surface area contributed by atoms with Crippen molar-refractivity contribution in [1.82, 2.24) is 15.5 Å². The van der Waals surface area contributed by atoms with Gasteiger partial charge in [-0.2, -0.15) is 0 Å². The summed E-state index contributed by atoms with van der Waals surface area (Å²) in [5.41, 5.74) is 6.56. The summed E-state index contributed by atoms with van der Waals surface area (Å²) in [6.45, 7) is 3.76. The molecule has 192 valence electrons. The Morgan fingerprint density at radius 2 is 1.71 bits per heavy atom. The lowest BCUT2D eigenvalue weighted by Gasteiger charge is -2.31. The zero-order valence-electron chi connectivity index (χ0n) is 20.0. The number of nitrogens with two attached hydrogens (primary N) is 1. The van der Waals surface area contributed by atoms with E-state index in [1.807, 2.05) is 0 Å². The second kappa shape index (κ2) is 12.8. The lowest BCUT2D eigenvalue weighted by Crippen LogP contribution is -2.59. The number of benzene rings is 1. The van der Waals surface area contributed by atoms with Crippen LogP contribution in [-0.2, 0) is 30.4 Å². The highest BCUT2D eigenvalue weighted by Gasteiger charge is 2.39. The fraction of sp³-hybridized carbons (Fsp3) is 0.542. The van der Waals surface area contributed by atoms with Gasteiger partial charge in [0.05, 0.1) is 6.04 Å². The van der Waals surface area contributed by atoms with E-state index in [2.05, 4.69) is 10.6 Å². The normalized spacial score (nSPS) is 17.9. The predicted octanol–water partition coefficient (Wildman–Crippen LogP) is 0.122. The van der Waals surface area contributed by atoms with E-state index in [9.17, 15) is 29.1 Å². The summed E-state index contributed by atoms with van der Waals surface area (Å²) < 4.78 is 0. The standard InChI is InChI=1S/C24H34N4O7/c1-14(2)20(23(33)28-12-6-9-18(28)24(34)35)27-22(32)17(13-15-7-4-3-5-8-15)26-21(31)16(25)10-11-19(29)30/h3-5,7-8,14,16-18,20H,6,9-13,25H2,1-2H3,(H,26,31)(H,27,32)(H,29,30)(H,34,35). The van der Waals surface area contributed by atoms with Crippen LogP contribution in [-0.4, -0.2) is 75.5 Å². The Balaban J connectivity index is 2.19. The Kier molecular flexibility index (Phi) is 10.2. The van der Waals surface area contributed by atoms with E-state index in [4.69, 9.17) is 10.8 Å². The van der Waals surface area contributed by atoms with E-state index in [0.717, 1.165) is 5.56 Å². The number of carbonyl (C=O) groups is 5. The van der Waals surface area contributed by atoms with E-state index in [1.54, 1.807) is 44.2 Å². The number of nitrogens with zero attached hydrogens (tertiary/aromatic N) is 1. The van der Waals surface area contributed by atoms with E-state index in [-0.39, 0.29) is 31.7 Å². The number of nitrogens with one attached hydrogen (secondary N) is 2. The highest BCUT2D eigenvalue weighted by Crippen LogP contribution is 2.20. The first kappa shape index (κ1) is 27.8. The highest BCUT2D eigenvalue weighted by molar-refractivity contribution is 5.94. The van der Waals surface area contributed by atoms with E-state index >= 15 is 0 Å². The third kappa shape index (κ3) is 8.06. The molecule has 1 saturated heterocycles. The summed E-state index contributed by atoms with van der Waals surface area (Å²) in [5, 5.41) is 23.5. The Morgan fingerprint density at radius 1 is 1.06 bits per heavy atom. The maximum atomic E-state index is 13.3. The monoisotopic (exact) mass is 490 g/mol. The molecule has 0 bridgehead atoms. The van der Waals surface area contributed by atoms with Gasteiger partial charge in [-0.25, -0.2) is 4.79 Å². The van der Waals surface area contributed by atoms with Crippen LogP contribution in [0.15, 0.2) is 30.3 Å². The number of amides is 3. The second-order valence-corrected chi connectivity index (χ2v) is 9.05. The van der Waals surface area contributed by atoms with Gasteiger partial charge in [0.2, 0.25) is 17.7 Å². The molecule has 11 nitrogen and oxygen atoms in total. The van der Waals surface area contributed by atoms with Gasteiger partial charge in [0, 0.05) is 19.4 Å². The van der Waals surface area contributed by atoms with E-state index in [1.165, 1.54) is 4.90 Å². The van der Waals surface area contributed by atoms with Gasteiger partial charge in [0.25, 0.3) is 0 Å². The number of aliphatic carboxylic acids is 2. The van der Waals surface area contributed by atoms with Crippen molar-refractivity contribution < 1.29 is 34.2 Å². The van der Waals surface area contributed by atoms with E-state index < -0.39 is 53.8 Å². The highest BCUT2D eigenvalue weighted by atomic mass is 16.4. The summed E-state index contributed by atoms with van der Waals surface area (Å²) >= 11 is 0. The summed E-state index contributed by atoms with van der Waals surface area (Å²) in [5.74, 6) is -4.31. The van der Waals surface area contributed by atoms with Crippen LogP contribution in [0.5, 0.6) is 0 Å². The molecule has 1 aliphatic heterocycles. The molecule has 3 amide bonds. The van der Waals surface area contributed by atoms with Crippen LogP contribution in [0, 0.1) is 5.92 Å².